The minimum atomic E-state index is -0.217. The quantitative estimate of drug-likeness (QED) is 0.291. The number of nitrogens with zero attached hydrogens (tertiary/aromatic N) is 4. The average Bonchev–Trinajstić information content (AvgIpc) is 3.53. The third-order valence-electron chi connectivity index (χ3n) is 6.02. The summed E-state index contributed by atoms with van der Waals surface area (Å²) in [6, 6.07) is 13.8. The predicted molar refractivity (Wildman–Crippen MR) is 136 cm³/mol. The molecule has 172 valence electrons. The monoisotopic (exact) mass is 462 g/mol. The Kier molecular flexibility index (Phi) is 5.07. The Balaban J connectivity index is 1.34. The lowest BCUT2D eigenvalue weighted by Crippen LogP contribution is -2.13. The zero-order valence-electron chi connectivity index (χ0n) is 18.9. The van der Waals surface area contributed by atoms with Crippen LogP contribution in [0, 0.1) is 0 Å². The van der Waals surface area contributed by atoms with E-state index in [-0.39, 0.29) is 12.1 Å². The van der Waals surface area contributed by atoms with E-state index in [2.05, 4.69) is 47.2 Å². The second-order valence-corrected chi connectivity index (χ2v) is 8.28. The van der Waals surface area contributed by atoms with E-state index in [0.717, 1.165) is 50.4 Å². The maximum atomic E-state index is 11.8. The number of aromatic amines is 1. The zero-order chi connectivity index (χ0) is 23.8. The Morgan fingerprint density at radius 3 is 2.77 bits per heavy atom. The highest BCUT2D eigenvalue weighted by Crippen LogP contribution is 2.42. The first-order valence-corrected chi connectivity index (χ1v) is 11.4. The van der Waals surface area contributed by atoms with Gasteiger partial charge in [-0.25, -0.2) is 0 Å². The topological polar surface area (TPSA) is 121 Å². The van der Waals surface area contributed by atoms with E-state index < -0.39 is 0 Å². The van der Waals surface area contributed by atoms with Gasteiger partial charge in [-0.3, -0.25) is 24.8 Å². The highest BCUT2D eigenvalue weighted by molar-refractivity contribution is 5.93. The number of pyridine rings is 3. The molecule has 0 aliphatic carbocycles. The van der Waals surface area contributed by atoms with Crippen LogP contribution in [-0.2, 0) is 4.79 Å². The van der Waals surface area contributed by atoms with E-state index >= 15 is 0 Å². The molecule has 1 aliphatic heterocycles. The van der Waals surface area contributed by atoms with Gasteiger partial charge in [0, 0.05) is 41.5 Å². The maximum Gasteiger partial charge on any atom is 0.224 e. The van der Waals surface area contributed by atoms with Gasteiger partial charge in [-0.05, 0) is 35.9 Å². The molecular weight excluding hydrogens is 440 g/mol. The molecule has 4 aromatic heterocycles. The SMILES string of the molecule is CCC(=O)Nc1cncc(-c2ccc3n[nH]c(C4Nc5cncc(-c6ccccn6)c5N4)c3c2)c1. The Labute approximate surface area is 201 Å². The first-order chi connectivity index (χ1) is 17.2. The van der Waals surface area contributed by atoms with Gasteiger partial charge in [0.05, 0.1) is 46.4 Å². The fraction of sp³-hybridized carbons (Fsp3) is 0.115. The summed E-state index contributed by atoms with van der Waals surface area (Å²) in [4.78, 5) is 25.0. The molecule has 5 aromatic rings. The fourth-order valence-electron chi connectivity index (χ4n) is 4.27. The number of H-pyrrole nitrogens is 1. The third kappa shape index (κ3) is 3.82. The molecule has 9 nitrogen and oxygen atoms in total. The summed E-state index contributed by atoms with van der Waals surface area (Å²) in [5.74, 6) is -0.0472. The Morgan fingerprint density at radius 2 is 1.91 bits per heavy atom. The lowest BCUT2D eigenvalue weighted by atomic mass is 10.0. The second kappa shape index (κ2) is 8.53. The van der Waals surface area contributed by atoms with Gasteiger partial charge in [0.2, 0.25) is 5.91 Å². The van der Waals surface area contributed by atoms with Crippen LogP contribution in [0.4, 0.5) is 17.1 Å². The van der Waals surface area contributed by atoms with Crippen molar-refractivity contribution in [2.24, 2.45) is 0 Å². The number of amides is 1. The summed E-state index contributed by atoms with van der Waals surface area (Å²) in [5, 5.41) is 18.6. The number of anilines is 3. The van der Waals surface area contributed by atoms with Crippen LogP contribution in [0.15, 0.2) is 73.4 Å². The fourth-order valence-corrected chi connectivity index (χ4v) is 4.27. The number of carbonyl (C=O) groups excluding carboxylic acids is 1. The molecule has 0 fully saturated rings. The number of hydrogen-bond donors (Lipinski definition) is 4. The highest BCUT2D eigenvalue weighted by Gasteiger charge is 2.27. The molecule has 1 amide bonds. The van der Waals surface area contributed by atoms with Gasteiger partial charge in [-0.2, -0.15) is 5.10 Å². The van der Waals surface area contributed by atoms with Crippen molar-refractivity contribution in [1.82, 2.24) is 25.1 Å². The molecule has 9 heteroatoms. The lowest BCUT2D eigenvalue weighted by molar-refractivity contribution is -0.115. The molecule has 1 aliphatic rings. The van der Waals surface area contributed by atoms with Crippen molar-refractivity contribution in [3.8, 4) is 22.4 Å². The number of nitrogens with one attached hydrogen (secondary N) is 4. The largest absolute Gasteiger partial charge is 0.358 e. The van der Waals surface area contributed by atoms with Gasteiger partial charge < -0.3 is 16.0 Å². The minimum Gasteiger partial charge on any atom is -0.358 e. The molecule has 5 heterocycles. The van der Waals surface area contributed by atoms with Gasteiger partial charge >= 0.3 is 0 Å². The van der Waals surface area contributed by atoms with Crippen LogP contribution in [0.2, 0.25) is 0 Å². The van der Waals surface area contributed by atoms with E-state index in [9.17, 15) is 4.79 Å². The van der Waals surface area contributed by atoms with Crippen molar-refractivity contribution >= 4 is 33.9 Å². The van der Waals surface area contributed by atoms with Crippen LogP contribution in [0.5, 0.6) is 0 Å². The molecule has 1 unspecified atom stereocenters. The van der Waals surface area contributed by atoms with Crippen molar-refractivity contribution in [3.05, 3.63) is 79.1 Å². The van der Waals surface area contributed by atoms with E-state index in [0.29, 0.717) is 12.1 Å². The van der Waals surface area contributed by atoms with Crippen LogP contribution in [0.25, 0.3) is 33.3 Å². The number of hydrogen-bond acceptors (Lipinski definition) is 7. The summed E-state index contributed by atoms with van der Waals surface area (Å²) in [6.07, 6.45) is 9.03. The van der Waals surface area contributed by atoms with Crippen molar-refractivity contribution in [3.63, 3.8) is 0 Å². The number of aromatic nitrogens is 5. The van der Waals surface area contributed by atoms with Gasteiger partial charge in [-0.15, -0.1) is 0 Å². The summed E-state index contributed by atoms with van der Waals surface area (Å²) in [5.41, 5.74) is 7.96. The second-order valence-electron chi connectivity index (χ2n) is 8.28. The normalized spacial score (nSPS) is 14.3. The number of fused-ring (bicyclic) bond motifs is 2. The van der Waals surface area contributed by atoms with Crippen LogP contribution < -0.4 is 16.0 Å². The van der Waals surface area contributed by atoms with Crippen LogP contribution in [0.1, 0.15) is 25.2 Å². The van der Waals surface area contributed by atoms with Crippen LogP contribution in [-0.4, -0.2) is 31.1 Å². The number of carbonyl (C=O) groups is 1. The first-order valence-electron chi connectivity index (χ1n) is 11.4. The Bertz CT molecular complexity index is 1550. The lowest BCUT2D eigenvalue weighted by Gasteiger charge is -2.12. The van der Waals surface area contributed by atoms with E-state index in [4.69, 9.17) is 0 Å². The Morgan fingerprint density at radius 1 is 1.00 bits per heavy atom. The van der Waals surface area contributed by atoms with E-state index in [1.165, 1.54) is 0 Å². The average molecular weight is 463 g/mol. The van der Waals surface area contributed by atoms with Gasteiger partial charge in [0.15, 0.2) is 0 Å². The van der Waals surface area contributed by atoms with Crippen LogP contribution >= 0.6 is 0 Å². The molecule has 0 saturated carbocycles. The molecule has 0 radical (unpaired) electrons. The number of rotatable bonds is 5. The van der Waals surface area contributed by atoms with Crippen molar-refractivity contribution in [1.29, 1.82) is 0 Å². The molecule has 0 saturated heterocycles. The molecular formula is C26H22N8O. The molecule has 35 heavy (non-hydrogen) atoms. The summed E-state index contributed by atoms with van der Waals surface area (Å²) in [6.45, 7) is 1.82. The van der Waals surface area contributed by atoms with E-state index in [1.54, 1.807) is 24.8 Å². The van der Waals surface area contributed by atoms with Gasteiger partial charge in [0.25, 0.3) is 0 Å². The smallest absolute Gasteiger partial charge is 0.224 e. The number of benzene rings is 1. The first kappa shape index (κ1) is 20.8. The Hall–Kier alpha value is -4.79. The summed E-state index contributed by atoms with van der Waals surface area (Å²) >= 11 is 0. The molecule has 1 atom stereocenters. The molecule has 0 bridgehead atoms. The molecule has 0 spiro atoms. The minimum absolute atomic E-state index is 0.0472. The summed E-state index contributed by atoms with van der Waals surface area (Å²) < 4.78 is 0. The zero-order valence-corrected chi connectivity index (χ0v) is 18.9. The molecule has 4 N–H and O–H groups in total. The predicted octanol–water partition coefficient (Wildman–Crippen LogP) is 4.97. The van der Waals surface area contributed by atoms with Gasteiger partial charge in [0.1, 0.15) is 6.17 Å². The van der Waals surface area contributed by atoms with Crippen molar-refractivity contribution in [2.75, 3.05) is 16.0 Å². The van der Waals surface area contributed by atoms with E-state index in [1.807, 2.05) is 49.5 Å². The summed E-state index contributed by atoms with van der Waals surface area (Å²) in [7, 11) is 0. The third-order valence-corrected chi connectivity index (χ3v) is 6.02. The molecule has 1 aromatic carbocycles. The molecule has 6 rings (SSSR count). The van der Waals surface area contributed by atoms with Crippen molar-refractivity contribution in [2.45, 2.75) is 19.5 Å². The van der Waals surface area contributed by atoms with Gasteiger partial charge in [-0.1, -0.05) is 19.1 Å². The maximum absolute atomic E-state index is 11.8. The standard InChI is InChI=1S/C26H22N8O/c1-2-23(35)30-17-9-16(11-27-12-17)15-6-7-21-18(10-15)25(34-33-21)26-31-22-14-28-13-19(24(22)32-26)20-5-3-4-8-29-20/h3-14,26,31-32H,2H2,1H3,(H,30,35)(H,33,34). The van der Waals surface area contributed by atoms with Crippen molar-refractivity contribution < 1.29 is 4.79 Å². The van der Waals surface area contributed by atoms with Crippen LogP contribution in [0.3, 0.4) is 0 Å². The highest BCUT2D eigenvalue weighted by atomic mass is 16.1.